The van der Waals surface area contributed by atoms with Gasteiger partial charge in [0.05, 0.1) is 27.9 Å². The van der Waals surface area contributed by atoms with Gasteiger partial charge in [-0.25, -0.2) is 0 Å². The zero-order valence-electron chi connectivity index (χ0n) is 18.6. The Morgan fingerprint density at radius 3 is 2.39 bits per heavy atom. The minimum Gasteiger partial charge on any atom is -0.461 e. The lowest BCUT2D eigenvalue weighted by atomic mass is 9.79. The van der Waals surface area contributed by atoms with Gasteiger partial charge in [0.1, 0.15) is 6.10 Å². The Bertz CT molecular complexity index is 1110. The Labute approximate surface area is 201 Å². The SMILES string of the molecule is CCc1cccc(CC)c1NC(=O)c1ccccc1NC(=O)[C@@H]1[C@H]2C[C@H]3[C@H](OC(=O)[C@H]31)[C@@H]2Br. The first-order valence-corrected chi connectivity index (χ1v) is 12.5. The molecule has 0 spiro atoms. The van der Waals surface area contributed by atoms with Crippen molar-refractivity contribution in [1.82, 2.24) is 0 Å². The Balaban J connectivity index is 1.39. The van der Waals surface area contributed by atoms with Gasteiger partial charge < -0.3 is 15.4 Å². The largest absolute Gasteiger partial charge is 0.461 e. The van der Waals surface area contributed by atoms with Gasteiger partial charge in [-0.1, -0.05) is 60.1 Å². The lowest BCUT2D eigenvalue weighted by Crippen LogP contribution is -2.40. The molecule has 2 aliphatic carbocycles. The average molecular weight is 511 g/mol. The number of hydrogen-bond acceptors (Lipinski definition) is 4. The van der Waals surface area contributed by atoms with E-state index in [1.165, 1.54) is 0 Å². The molecule has 2 amide bonds. The number of hydrogen-bond donors (Lipinski definition) is 2. The van der Waals surface area contributed by atoms with Crippen LogP contribution in [0.4, 0.5) is 11.4 Å². The summed E-state index contributed by atoms with van der Waals surface area (Å²) in [7, 11) is 0. The van der Waals surface area contributed by atoms with Gasteiger partial charge in [-0.2, -0.15) is 0 Å². The van der Waals surface area contributed by atoms with Crippen molar-refractivity contribution in [2.75, 3.05) is 10.6 Å². The fraction of sp³-hybridized carbons (Fsp3) is 0.423. The molecule has 6 atom stereocenters. The Morgan fingerprint density at radius 1 is 1.00 bits per heavy atom. The van der Waals surface area contributed by atoms with E-state index >= 15 is 0 Å². The maximum atomic E-state index is 13.3. The number of carbonyl (C=O) groups is 3. The summed E-state index contributed by atoms with van der Waals surface area (Å²) in [5.41, 5.74) is 3.82. The van der Waals surface area contributed by atoms with E-state index in [4.69, 9.17) is 4.74 Å². The van der Waals surface area contributed by atoms with Crippen LogP contribution in [-0.2, 0) is 27.2 Å². The molecule has 2 saturated carbocycles. The normalized spacial score (nSPS) is 29.1. The number of esters is 1. The van der Waals surface area contributed by atoms with E-state index in [1.807, 2.05) is 18.2 Å². The fourth-order valence-electron chi connectivity index (χ4n) is 5.92. The molecule has 7 heteroatoms. The minimum atomic E-state index is -0.450. The molecule has 0 radical (unpaired) electrons. The lowest BCUT2D eigenvalue weighted by molar-refractivity contribution is -0.145. The molecule has 3 fully saturated rings. The van der Waals surface area contributed by atoms with Gasteiger partial charge in [0.15, 0.2) is 0 Å². The first kappa shape index (κ1) is 22.1. The molecule has 0 aromatic heterocycles. The highest BCUT2D eigenvalue weighted by Crippen LogP contribution is 2.60. The second kappa shape index (κ2) is 8.60. The van der Waals surface area contributed by atoms with E-state index in [1.54, 1.807) is 24.3 Å². The maximum Gasteiger partial charge on any atom is 0.310 e. The lowest BCUT2D eigenvalue weighted by Gasteiger charge is -2.27. The third-order valence-electron chi connectivity index (χ3n) is 7.49. The molecule has 2 aromatic rings. The third-order valence-corrected chi connectivity index (χ3v) is 8.69. The quantitative estimate of drug-likeness (QED) is 0.440. The number of rotatable bonds is 6. The number of anilines is 2. The van der Waals surface area contributed by atoms with Crippen molar-refractivity contribution in [1.29, 1.82) is 0 Å². The smallest absolute Gasteiger partial charge is 0.310 e. The van der Waals surface area contributed by atoms with E-state index in [-0.39, 0.29) is 40.6 Å². The molecule has 2 aromatic carbocycles. The molecule has 6 nitrogen and oxygen atoms in total. The number of alkyl halides is 1. The van der Waals surface area contributed by atoms with E-state index in [0.29, 0.717) is 11.3 Å². The third kappa shape index (κ3) is 3.57. The van der Waals surface area contributed by atoms with Gasteiger partial charge in [0.25, 0.3) is 5.91 Å². The zero-order valence-corrected chi connectivity index (χ0v) is 20.2. The number of carbonyl (C=O) groups excluding carboxylic acids is 3. The summed E-state index contributed by atoms with van der Waals surface area (Å²) in [5, 5.41) is 6.03. The van der Waals surface area contributed by atoms with Gasteiger partial charge in [-0.15, -0.1) is 0 Å². The van der Waals surface area contributed by atoms with Crippen LogP contribution in [-0.4, -0.2) is 28.7 Å². The van der Waals surface area contributed by atoms with Gasteiger partial charge >= 0.3 is 5.97 Å². The van der Waals surface area contributed by atoms with E-state index < -0.39 is 11.8 Å². The van der Waals surface area contributed by atoms with Crippen molar-refractivity contribution >= 4 is 45.1 Å². The van der Waals surface area contributed by atoms with E-state index in [9.17, 15) is 14.4 Å². The summed E-state index contributed by atoms with van der Waals surface area (Å²) in [6, 6.07) is 13.0. The van der Waals surface area contributed by atoms with Gasteiger partial charge in [0.2, 0.25) is 5.91 Å². The molecule has 0 unspecified atom stereocenters. The van der Waals surface area contributed by atoms with Crippen molar-refractivity contribution in [3.05, 3.63) is 59.2 Å². The maximum absolute atomic E-state index is 13.3. The molecule has 1 saturated heterocycles. The topological polar surface area (TPSA) is 84.5 Å². The first-order valence-electron chi connectivity index (χ1n) is 11.6. The van der Waals surface area contributed by atoms with Crippen LogP contribution in [0.25, 0.3) is 0 Å². The predicted molar refractivity (Wildman–Crippen MR) is 129 cm³/mol. The van der Waals surface area contributed by atoms with E-state index in [0.717, 1.165) is 36.1 Å². The molecule has 2 N–H and O–H groups in total. The van der Waals surface area contributed by atoms with Gasteiger partial charge in [-0.3, -0.25) is 14.4 Å². The molecule has 2 bridgehead atoms. The molecular formula is C26H27BrN2O4. The van der Waals surface area contributed by atoms with Crippen LogP contribution in [0.1, 0.15) is 41.8 Å². The number of benzene rings is 2. The van der Waals surface area contributed by atoms with Crippen molar-refractivity contribution in [3.63, 3.8) is 0 Å². The van der Waals surface area contributed by atoms with Crippen LogP contribution in [0.5, 0.6) is 0 Å². The highest BCUT2D eigenvalue weighted by molar-refractivity contribution is 9.09. The van der Waals surface area contributed by atoms with Crippen LogP contribution in [0.2, 0.25) is 0 Å². The van der Waals surface area contributed by atoms with Crippen LogP contribution < -0.4 is 10.6 Å². The van der Waals surface area contributed by atoms with Gasteiger partial charge in [0, 0.05) is 11.6 Å². The Morgan fingerprint density at radius 2 is 1.70 bits per heavy atom. The molecule has 5 rings (SSSR count). The van der Waals surface area contributed by atoms with E-state index in [2.05, 4.69) is 40.4 Å². The second-order valence-corrected chi connectivity index (χ2v) is 10.2. The van der Waals surface area contributed by atoms with Crippen LogP contribution >= 0.6 is 15.9 Å². The highest BCUT2D eigenvalue weighted by atomic mass is 79.9. The summed E-state index contributed by atoms with van der Waals surface area (Å²) in [6.45, 7) is 4.12. The molecule has 3 aliphatic rings. The Hall–Kier alpha value is -2.67. The number of ether oxygens (including phenoxy) is 1. The molecule has 172 valence electrons. The molecular weight excluding hydrogens is 484 g/mol. The monoisotopic (exact) mass is 510 g/mol. The summed E-state index contributed by atoms with van der Waals surface area (Å²) in [6.07, 6.45) is 2.29. The summed E-state index contributed by atoms with van der Waals surface area (Å²) in [5.74, 6) is -1.46. The van der Waals surface area contributed by atoms with Crippen molar-refractivity contribution in [2.24, 2.45) is 23.7 Å². The zero-order chi connectivity index (χ0) is 23.3. The van der Waals surface area contributed by atoms with Gasteiger partial charge in [-0.05, 0) is 48.4 Å². The first-order chi connectivity index (χ1) is 15.9. The Kier molecular flexibility index (Phi) is 5.77. The van der Waals surface area contributed by atoms with Crippen molar-refractivity contribution in [3.8, 4) is 0 Å². The van der Waals surface area contributed by atoms with Crippen molar-refractivity contribution < 1.29 is 19.1 Å². The molecule has 1 aliphatic heterocycles. The number of amides is 2. The van der Waals surface area contributed by atoms with Crippen LogP contribution in [0, 0.1) is 23.7 Å². The predicted octanol–water partition coefficient (Wildman–Crippen LogP) is 4.57. The number of halogens is 1. The van der Waals surface area contributed by atoms with Crippen LogP contribution in [0.3, 0.4) is 0 Å². The summed E-state index contributed by atoms with van der Waals surface area (Å²) in [4.78, 5) is 39.1. The van der Waals surface area contributed by atoms with Crippen LogP contribution in [0.15, 0.2) is 42.5 Å². The summed E-state index contributed by atoms with van der Waals surface area (Å²) >= 11 is 3.65. The number of nitrogens with one attached hydrogen (secondary N) is 2. The molecule has 1 heterocycles. The number of para-hydroxylation sites is 2. The number of aryl methyl sites for hydroxylation is 2. The number of fused-ring (bicyclic) bond motifs is 1. The fourth-order valence-corrected chi connectivity index (χ4v) is 6.97. The van der Waals surface area contributed by atoms with Crippen molar-refractivity contribution in [2.45, 2.75) is 44.0 Å². The molecule has 33 heavy (non-hydrogen) atoms. The second-order valence-electron chi connectivity index (χ2n) is 9.11. The highest BCUT2D eigenvalue weighted by Gasteiger charge is 2.67. The average Bonchev–Trinajstić information content (AvgIpc) is 3.43. The minimum absolute atomic E-state index is 0.00231. The summed E-state index contributed by atoms with van der Waals surface area (Å²) < 4.78 is 5.52. The standard InChI is InChI=1S/C26H27BrN2O4/c1-3-13-8-7-9-14(4-2)22(13)29-24(30)15-10-5-6-11-18(15)28-25(31)19-16-12-17-20(19)26(32)33-23(17)21(16)27/h5-11,16-17,19-21,23H,3-4,12H2,1-2H3,(H,28,31)(H,29,30)/t16-,17-,19-,20-,21-,23+/m1/s1.